The molecule has 0 radical (unpaired) electrons. The average Bonchev–Trinajstić information content (AvgIpc) is 3.06. The minimum atomic E-state index is -3.58. The van der Waals surface area contributed by atoms with Gasteiger partial charge >= 0.3 is 5.97 Å². The van der Waals surface area contributed by atoms with Gasteiger partial charge in [0.25, 0.3) is 0 Å². The molecule has 0 fully saturated rings. The molecule has 28 heavy (non-hydrogen) atoms. The number of halogens is 1. The lowest BCUT2D eigenvalue weighted by Gasteiger charge is -2.09. The summed E-state index contributed by atoms with van der Waals surface area (Å²) in [5, 5.41) is 1.78. The van der Waals surface area contributed by atoms with Crippen LogP contribution < -0.4 is 0 Å². The van der Waals surface area contributed by atoms with Crippen molar-refractivity contribution in [2.45, 2.75) is 25.3 Å². The Balaban J connectivity index is 2.00. The number of carbonyl (C=O) groups is 1. The van der Waals surface area contributed by atoms with Gasteiger partial charge in [0.15, 0.2) is 0 Å². The van der Waals surface area contributed by atoms with Crippen molar-refractivity contribution in [1.82, 2.24) is 4.57 Å². The van der Waals surface area contributed by atoms with E-state index in [0.29, 0.717) is 33.3 Å². The van der Waals surface area contributed by atoms with Crippen LogP contribution in [-0.4, -0.2) is 25.6 Å². The molecular formula is C21H18FNO4S. The van der Waals surface area contributed by atoms with Crippen LogP contribution in [0.15, 0.2) is 52.8 Å². The highest BCUT2D eigenvalue weighted by Gasteiger charge is 2.30. The summed E-state index contributed by atoms with van der Waals surface area (Å²) in [5.41, 5.74) is 3.00. The van der Waals surface area contributed by atoms with Crippen LogP contribution in [0.25, 0.3) is 16.5 Å². The van der Waals surface area contributed by atoms with Gasteiger partial charge in [0.05, 0.1) is 11.5 Å². The first-order valence-corrected chi connectivity index (χ1v) is 10.4. The first-order valence-electron chi connectivity index (χ1n) is 8.84. The Morgan fingerprint density at radius 1 is 1.18 bits per heavy atom. The maximum Gasteiger partial charge on any atom is 0.325 e. The third-order valence-electron chi connectivity index (χ3n) is 4.90. The molecule has 3 aromatic rings. The molecule has 2 heterocycles. The van der Waals surface area contributed by atoms with Crippen molar-refractivity contribution in [3.8, 4) is 0 Å². The van der Waals surface area contributed by atoms with Crippen LogP contribution in [0, 0.1) is 12.7 Å². The number of aromatic nitrogens is 1. The van der Waals surface area contributed by atoms with E-state index in [2.05, 4.69) is 0 Å². The van der Waals surface area contributed by atoms with Crippen LogP contribution in [0.1, 0.15) is 23.7 Å². The van der Waals surface area contributed by atoms with Gasteiger partial charge < -0.3 is 9.30 Å². The zero-order valence-electron chi connectivity index (χ0n) is 15.4. The Morgan fingerprint density at radius 2 is 1.93 bits per heavy atom. The highest BCUT2D eigenvalue weighted by molar-refractivity contribution is 7.95. The smallest absolute Gasteiger partial charge is 0.325 e. The molecule has 1 aliphatic rings. The number of hydrogen-bond donors (Lipinski definition) is 0. The summed E-state index contributed by atoms with van der Waals surface area (Å²) < 4.78 is 46.0. The van der Waals surface area contributed by atoms with E-state index >= 15 is 0 Å². The molecule has 0 N–H and O–H groups in total. The second kappa shape index (κ2) is 6.60. The number of ether oxygens (including phenoxy) is 1. The Morgan fingerprint density at radius 3 is 2.68 bits per heavy atom. The highest BCUT2D eigenvalue weighted by atomic mass is 32.2. The van der Waals surface area contributed by atoms with Crippen molar-refractivity contribution in [3.05, 3.63) is 70.5 Å². The minimum absolute atomic E-state index is 0.0382. The van der Waals surface area contributed by atoms with Crippen molar-refractivity contribution in [2.24, 2.45) is 0 Å². The highest BCUT2D eigenvalue weighted by Crippen LogP contribution is 2.42. The van der Waals surface area contributed by atoms with Gasteiger partial charge in [0.2, 0.25) is 9.84 Å². The van der Waals surface area contributed by atoms with E-state index in [9.17, 15) is 17.6 Å². The normalized spacial score (nSPS) is 14.8. The van der Waals surface area contributed by atoms with E-state index in [1.165, 1.54) is 17.5 Å². The fourth-order valence-electron chi connectivity index (χ4n) is 3.75. The van der Waals surface area contributed by atoms with E-state index in [1.807, 2.05) is 0 Å². The predicted molar refractivity (Wildman–Crippen MR) is 104 cm³/mol. The van der Waals surface area contributed by atoms with Crippen molar-refractivity contribution in [3.63, 3.8) is 0 Å². The van der Waals surface area contributed by atoms with Gasteiger partial charge in [-0.25, -0.2) is 12.8 Å². The molecular weight excluding hydrogens is 381 g/mol. The summed E-state index contributed by atoms with van der Waals surface area (Å²) in [7, 11) is -3.58. The summed E-state index contributed by atoms with van der Waals surface area (Å²) in [6.07, 6.45) is 0. The predicted octanol–water partition coefficient (Wildman–Crippen LogP) is 3.83. The number of fused-ring (bicyclic) bond motifs is 2. The minimum Gasteiger partial charge on any atom is -0.465 e. The molecule has 0 saturated carbocycles. The van der Waals surface area contributed by atoms with Crippen LogP contribution in [-0.2, 0) is 25.9 Å². The topological polar surface area (TPSA) is 65.4 Å². The van der Waals surface area contributed by atoms with Gasteiger partial charge in [-0.05, 0) is 38.1 Å². The Labute approximate surface area is 162 Å². The third-order valence-corrected chi connectivity index (χ3v) is 6.42. The molecule has 0 atom stereocenters. The van der Waals surface area contributed by atoms with Crippen LogP contribution in [0.2, 0.25) is 0 Å². The number of rotatable bonds is 4. The number of benzene rings is 2. The maximum atomic E-state index is 14.0. The van der Waals surface area contributed by atoms with Gasteiger partial charge in [-0.15, -0.1) is 0 Å². The lowest BCUT2D eigenvalue weighted by atomic mass is 9.97. The molecule has 1 aliphatic heterocycles. The summed E-state index contributed by atoms with van der Waals surface area (Å²) >= 11 is 0. The second-order valence-electron chi connectivity index (χ2n) is 6.59. The number of sulfone groups is 1. The number of hydrogen-bond acceptors (Lipinski definition) is 4. The van der Waals surface area contributed by atoms with Crippen molar-refractivity contribution in [1.29, 1.82) is 0 Å². The molecule has 0 saturated heterocycles. The SMILES string of the molecule is CCOC(=O)Cn1c(C)c(C2=CS(=O)(=O)c3ccccc32)c2cc(F)ccc21. The van der Waals surface area contributed by atoms with Crippen LogP contribution >= 0.6 is 0 Å². The fourth-order valence-corrected chi connectivity index (χ4v) is 5.18. The standard InChI is InChI=1S/C21H18FNO4S/c1-3-27-20(24)11-23-13(2)21(16-10-14(22)8-9-18(16)23)17-12-28(25,26)19-7-5-4-6-15(17)19/h4-10,12H,3,11H2,1-2H3. The van der Waals surface area contributed by atoms with Gasteiger partial charge in [-0.3, -0.25) is 4.79 Å². The molecule has 0 amide bonds. The maximum absolute atomic E-state index is 14.0. The van der Waals surface area contributed by atoms with Crippen molar-refractivity contribution in [2.75, 3.05) is 6.61 Å². The Bertz CT molecular complexity index is 1250. The molecule has 0 aliphatic carbocycles. The Hall–Kier alpha value is -2.93. The summed E-state index contributed by atoms with van der Waals surface area (Å²) in [4.78, 5) is 12.3. The van der Waals surface area contributed by atoms with E-state index in [0.717, 1.165) is 0 Å². The zero-order valence-corrected chi connectivity index (χ0v) is 16.2. The number of carbonyl (C=O) groups excluding carboxylic acids is 1. The number of esters is 1. The molecule has 1 aromatic heterocycles. The molecule has 0 unspecified atom stereocenters. The van der Waals surface area contributed by atoms with Crippen molar-refractivity contribution < 1.29 is 22.3 Å². The lowest BCUT2D eigenvalue weighted by molar-refractivity contribution is -0.143. The summed E-state index contributed by atoms with van der Waals surface area (Å²) in [5.74, 6) is -0.844. The van der Waals surface area contributed by atoms with Gasteiger partial charge in [0.1, 0.15) is 12.4 Å². The van der Waals surface area contributed by atoms with Gasteiger partial charge in [0, 0.05) is 38.7 Å². The van der Waals surface area contributed by atoms with Crippen LogP contribution in [0.3, 0.4) is 0 Å². The van der Waals surface area contributed by atoms with E-state index in [-0.39, 0.29) is 18.0 Å². The molecule has 0 bridgehead atoms. The van der Waals surface area contributed by atoms with E-state index < -0.39 is 21.6 Å². The summed E-state index contributed by atoms with van der Waals surface area (Å²) in [6, 6.07) is 11.0. The molecule has 2 aromatic carbocycles. The zero-order chi connectivity index (χ0) is 20.1. The first kappa shape index (κ1) is 18.4. The van der Waals surface area contributed by atoms with Crippen LogP contribution in [0.5, 0.6) is 0 Å². The quantitative estimate of drug-likeness (QED) is 0.626. The molecule has 4 rings (SSSR count). The van der Waals surface area contributed by atoms with Gasteiger partial charge in [-0.1, -0.05) is 18.2 Å². The fraction of sp³-hybridized carbons (Fsp3) is 0.190. The lowest BCUT2D eigenvalue weighted by Crippen LogP contribution is -2.14. The Kier molecular flexibility index (Phi) is 4.34. The van der Waals surface area contributed by atoms with Gasteiger partial charge in [-0.2, -0.15) is 0 Å². The first-order chi connectivity index (χ1) is 13.3. The molecule has 144 valence electrons. The largest absolute Gasteiger partial charge is 0.465 e. The molecule has 0 spiro atoms. The van der Waals surface area contributed by atoms with Crippen LogP contribution in [0.4, 0.5) is 4.39 Å². The molecule has 7 heteroatoms. The monoisotopic (exact) mass is 399 g/mol. The number of nitrogens with zero attached hydrogens (tertiary/aromatic N) is 1. The summed E-state index contributed by atoms with van der Waals surface area (Å²) in [6.45, 7) is 3.74. The van der Waals surface area contributed by atoms with E-state index in [4.69, 9.17) is 4.74 Å². The van der Waals surface area contributed by atoms with E-state index in [1.54, 1.807) is 48.7 Å². The van der Waals surface area contributed by atoms with Crippen molar-refractivity contribution >= 4 is 32.3 Å². The second-order valence-corrected chi connectivity index (χ2v) is 8.35. The third kappa shape index (κ3) is 2.82. The molecule has 5 nitrogen and oxygen atoms in total. The average molecular weight is 399 g/mol.